The second-order valence-electron chi connectivity index (χ2n) is 3.89. The molecule has 1 atom stereocenters. The summed E-state index contributed by atoms with van der Waals surface area (Å²) < 4.78 is 11.0. The number of rotatable bonds is 2. The minimum Gasteiger partial charge on any atom is -0.486 e. The van der Waals surface area contributed by atoms with Crippen molar-refractivity contribution in [3.8, 4) is 11.5 Å². The molecule has 4 heteroatoms. The first-order valence-corrected chi connectivity index (χ1v) is 5.23. The van der Waals surface area contributed by atoms with Crippen LogP contribution in [-0.2, 0) is 4.79 Å². The van der Waals surface area contributed by atoms with E-state index in [1.165, 1.54) is 0 Å². The van der Waals surface area contributed by atoms with Crippen LogP contribution in [0.3, 0.4) is 0 Å². The highest BCUT2D eigenvalue weighted by atomic mass is 16.6. The van der Waals surface area contributed by atoms with E-state index in [1.54, 1.807) is 13.0 Å². The zero-order valence-corrected chi connectivity index (χ0v) is 9.32. The Morgan fingerprint density at radius 1 is 1.31 bits per heavy atom. The number of hydrogen-bond donors (Lipinski definition) is 1. The molecule has 1 unspecified atom stereocenters. The zero-order valence-electron chi connectivity index (χ0n) is 9.32. The molecule has 0 aliphatic carbocycles. The average molecular weight is 222 g/mol. The smallest absolute Gasteiger partial charge is 0.310 e. The Balaban J connectivity index is 2.50. The van der Waals surface area contributed by atoms with Gasteiger partial charge < -0.3 is 14.6 Å². The molecule has 1 aromatic carbocycles. The van der Waals surface area contributed by atoms with E-state index < -0.39 is 11.9 Å². The van der Waals surface area contributed by atoms with Gasteiger partial charge in [0.05, 0.1) is 5.92 Å². The van der Waals surface area contributed by atoms with Crippen molar-refractivity contribution >= 4 is 5.97 Å². The normalized spacial score (nSPS) is 15.6. The van der Waals surface area contributed by atoms with Crippen molar-refractivity contribution in [3.63, 3.8) is 0 Å². The van der Waals surface area contributed by atoms with Crippen molar-refractivity contribution in [3.05, 3.63) is 23.3 Å². The minimum absolute atomic E-state index is 0.468. The van der Waals surface area contributed by atoms with Gasteiger partial charge in [-0.3, -0.25) is 4.79 Å². The first-order valence-electron chi connectivity index (χ1n) is 5.23. The summed E-state index contributed by atoms with van der Waals surface area (Å²) in [7, 11) is 0. The van der Waals surface area contributed by atoms with Crippen LogP contribution in [0.5, 0.6) is 11.5 Å². The lowest BCUT2D eigenvalue weighted by molar-refractivity contribution is -0.138. The van der Waals surface area contributed by atoms with Crippen LogP contribution >= 0.6 is 0 Å². The Hall–Kier alpha value is -1.71. The summed E-state index contributed by atoms with van der Waals surface area (Å²) >= 11 is 0. The predicted octanol–water partition coefficient (Wildman–Crippen LogP) is 1.95. The van der Waals surface area contributed by atoms with Crippen LogP contribution < -0.4 is 9.47 Å². The van der Waals surface area contributed by atoms with Gasteiger partial charge in [-0.05, 0) is 19.4 Å². The maximum absolute atomic E-state index is 11.0. The summed E-state index contributed by atoms with van der Waals surface area (Å²) in [5.74, 6) is -0.186. The highest BCUT2D eigenvalue weighted by Gasteiger charge is 2.24. The molecule has 0 saturated carbocycles. The molecule has 0 spiro atoms. The van der Waals surface area contributed by atoms with Crippen LogP contribution in [0.2, 0.25) is 0 Å². The summed E-state index contributed by atoms with van der Waals surface area (Å²) in [5.41, 5.74) is 1.64. The Bertz CT molecular complexity index is 425. The topological polar surface area (TPSA) is 55.8 Å². The van der Waals surface area contributed by atoms with E-state index in [-0.39, 0.29) is 0 Å². The Kier molecular flexibility index (Phi) is 2.73. The molecule has 0 saturated heterocycles. The fraction of sp³-hybridized carbons (Fsp3) is 0.417. The van der Waals surface area contributed by atoms with E-state index in [2.05, 4.69) is 0 Å². The maximum atomic E-state index is 11.0. The van der Waals surface area contributed by atoms with E-state index >= 15 is 0 Å². The first kappa shape index (κ1) is 10.8. The summed E-state index contributed by atoms with van der Waals surface area (Å²) in [6, 6.07) is 3.66. The summed E-state index contributed by atoms with van der Waals surface area (Å²) in [4.78, 5) is 11.0. The van der Waals surface area contributed by atoms with Gasteiger partial charge in [-0.25, -0.2) is 0 Å². The number of aliphatic carboxylic acids is 1. The van der Waals surface area contributed by atoms with Crippen molar-refractivity contribution in [2.24, 2.45) is 0 Å². The first-order chi connectivity index (χ1) is 7.61. The summed E-state index contributed by atoms with van der Waals surface area (Å²) in [6.45, 7) is 4.54. The molecular formula is C12H14O4. The number of hydrogen-bond acceptors (Lipinski definition) is 3. The lowest BCUT2D eigenvalue weighted by Gasteiger charge is -2.23. The number of carboxylic acids is 1. The third-order valence-electron chi connectivity index (χ3n) is 2.75. The highest BCUT2D eigenvalue weighted by molar-refractivity contribution is 5.77. The quantitative estimate of drug-likeness (QED) is 0.831. The van der Waals surface area contributed by atoms with Crippen molar-refractivity contribution in [2.45, 2.75) is 19.8 Å². The van der Waals surface area contributed by atoms with E-state index in [0.717, 1.165) is 5.56 Å². The van der Waals surface area contributed by atoms with Gasteiger partial charge in [0.2, 0.25) is 0 Å². The molecule has 0 radical (unpaired) electrons. The molecule has 2 rings (SSSR count). The van der Waals surface area contributed by atoms with Crippen LogP contribution in [0.15, 0.2) is 12.1 Å². The van der Waals surface area contributed by atoms with Crippen LogP contribution in [0.1, 0.15) is 24.0 Å². The Morgan fingerprint density at radius 2 is 1.94 bits per heavy atom. The molecule has 0 aromatic heterocycles. The maximum Gasteiger partial charge on any atom is 0.310 e. The predicted molar refractivity (Wildman–Crippen MR) is 58.2 cm³/mol. The fourth-order valence-corrected chi connectivity index (χ4v) is 1.77. The lowest BCUT2D eigenvalue weighted by atomic mass is 9.98. The molecule has 1 aromatic rings. The van der Waals surface area contributed by atoms with Crippen molar-refractivity contribution in [2.75, 3.05) is 13.2 Å². The van der Waals surface area contributed by atoms with Crippen LogP contribution in [0.25, 0.3) is 0 Å². The molecule has 16 heavy (non-hydrogen) atoms. The standard InChI is InChI=1S/C12H14O4/c1-7-3-4-9(8(2)12(13)14)11-10(7)15-5-6-16-11/h3-4,8H,5-6H2,1-2H3,(H,13,14). The average Bonchev–Trinajstić information content (AvgIpc) is 2.29. The van der Waals surface area contributed by atoms with Gasteiger partial charge in [0.15, 0.2) is 11.5 Å². The third-order valence-corrected chi connectivity index (χ3v) is 2.75. The SMILES string of the molecule is Cc1ccc(C(C)C(=O)O)c2c1OCCO2. The molecule has 1 heterocycles. The molecule has 86 valence electrons. The molecule has 0 amide bonds. The van der Waals surface area contributed by atoms with Gasteiger partial charge in [0.1, 0.15) is 13.2 Å². The van der Waals surface area contributed by atoms with Gasteiger partial charge in [-0.1, -0.05) is 12.1 Å². The second-order valence-corrected chi connectivity index (χ2v) is 3.89. The number of aryl methyl sites for hydroxylation is 1. The highest BCUT2D eigenvalue weighted by Crippen LogP contribution is 2.40. The van der Waals surface area contributed by atoms with Crippen LogP contribution in [0.4, 0.5) is 0 Å². The minimum atomic E-state index is -0.861. The number of fused-ring (bicyclic) bond motifs is 1. The fourth-order valence-electron chi connectivity index (χ4n) is 1.77. The number of ether oxygens (including phenoxy) is 2. The Morgan fingerprint density at radius 3 is 2.56 bits per heavy atom. The summed E-state index contributed by atoms with van der Waals surface area (Å²) in [5, 5.41) is 9.01. The van der Waals surface area contributed by atoms with Gasteiger partial charge in [0.25, 0.3) is 0 Å². The third kappa shape index (κ3) is 1.71. The van der Waals surface area contributed by atoms with Crippen molar-refractivity contribution in [1.29, 1.82) is 0 Å². The number of benzene rings is 1. The number of carbonyl (C=O) groups is 1. The second kappa shape index (κ2) is 4.04. The molecular weight excluding hydrogens is 208 g/mol. The van der Waals surface area contributed by atoms with Crippen LogP contribution in [-0.4, -0.2) is 24.3 Å². The number of carboxylic acid groups (broad SMARTS) is 1. The summed E-state index contributed by atoms with van der Waals surface area (Å²) in [6.07, 6.45) is 0. The van der Waals surface area contributed by atoms with E-state index in [0.29, 0.717) is 30.3 Å². The molecule has 1 aliphatic heterocycles. The molecule has 4 nitrogen and oxygen atoms in total. The van der Waals surface area contributed by atoms with Crippen molar-refractivity contribution in [1.82, 2.24) is 0 Å². The van der Waals surface area contributed by atoms with Crippen LogP contribution in [0, 0.1) is 6.92 Å². The largest absolute Gasteiger partial charge is 0.486 e. The monoisotopic (exact) mass is 222 g/mol. The zero-order chi connectivity index (χ0) is 11.7. The van der Waals surface area contributed by atoms with Gasteiger partial charge >= 0.3 is 5.97 Å². The molecule has 0 bridgehead atoms. The van der Waals surface area contributed by atoms with E-state index in [9.17, 15) is 4.79 Å². The Labute approximate surface area is 93.8 Å². The van der Waals surface area contributed by atoms with E-state index in [4.69, 9.17) is 14.6 Å². The molecule has 1 N–H and O–H groups in total. The lowest BCUT2D eigenvalue weighted by Crippen LogP contribution is -2.19. The molecule has 0 fully saturated rings. The van der Waals surface area contributed by atoms with Crippen molar-refractivity contribution < 1.29 is 19.4 Å². The van der Waals surface area contributed by atoms with Gasteiger partial charge in [-0.2, -0.15) is 0 Å². The van der Waals surface area contributed by atoms with Gasteiger partial charge in [-0.15, -0.1) is 0 Å². The van der Waals surface area contributed by atoms with Gasteiger partial charge in [0, 0.05) is 5.56 Å². The van der Waals surface area contributed by atoms with E-state index in [1.807, 2.05) is 13.0 Å². The molecule has 1 aliphatic rings.